The van der Waals surface area contributed by atoms with E-state index in [4.69, 9.17) is 8.83 Å². The van der Waals surface area contributed by atoms with Crippen molar-refractivity contribution in [2.24, 2.45) is 5.92 Å². The number of hydrogen-bond donors (Lipinski definition) is 0. The van der Waals surface area contributed by atoms with Crippen LogP contribution in [0.5, 0.6) is 0 Å². The van der Waals surface area contributed by atoms with Gasteiger partial charge in [0.15, 0.2) is 0 Å². The highest BCUT2D eigenvalue weighted by Crippen LogP contribution is 2.41. The minimum Gasteiger partial charge on any atom is -0.456 e. The number of allylic oxidation sites excluding steroid dienone is 7. The molecular weight excluding hydrogens is 767 g/mol. The van der Waals surface area contributed by atoms with Crippen molar-refractivity contribution >= 4 is 55.3 Å². The van der Waals surface area contributed by atoms with Crippen molar-refractivity contribution < 1.29 is 8.83 Å². The summed E-state index contributed by atoms with van der Waals surface area (Å²) < 4.78 is 12.8. The standard InChI is InChI=1S/C60H43NO2/c1-2-10-40(11-3-1)43-28-34-48(35-29-43)61(49-36-30-44(31-37-49)41-20-24-46(25-21-41)51-14-8-16-55-53-12-4-6-18-57(53)62-59(51)55)50-38-32-45(33-39-50)42-22-26-47(27-23-42)52-15-9-17-56-54-13-5-7-19-58(54)63-60(52)56/h1-26,28-32,34-39,45,47H,27,33H2. The average molecular weight is 810 g/mol. The molecule has 0 radical (unpaired) electrons. The van der Waals surface area contributed by atoms with Crippen molar-refractivity contribution in [3.63, 3.8) is 0 Å². The minimum atomic E-state index is 0.282. The third-order valence-corrected chi connectivity index (χ3v) is 13.0. The summed E-state index contributed by atoms with van der Waals surface area (Å²) in [5.74, 6) is 0.601. The van der Waals surface area contributed by atoms with Crippen molar-refractivity contribution in [3.05, 3.63) is 241 Å². The van der Waals surface area contributed by atoms with Gasteiger partial charge in [-0.3, -0.25) is 0 Å². The average Bonchev–Trinajstić information content (AvgIpc) is 3.94. The molecule has 2 aliphatic carbocycles. The lowest BCUT2D eigenvalue weighted by Gasteiger charge is -2.30. The fourth-order valence-electron chi connectivity index (χ4n) is 9.73. The topological polar surface area (TPSA) is 29.5 Å². The van der Waals surface area contributed by atoms with Crippen LogP contribution < -0.4 is 4.90 Å². The van der Waals surface area contributed by atoms with Crippen LogP contribution in [0.15, 0.2) is 245 Å². The van der Waals surface area contributed by atoms with E-state index < -0.39 is 0 Å². The second kappa shape index (κ2) is 15.5. The molecule has 0 saturated heterocycles. The van der Waals surface area contributed by atoms with Gasteiger partial charge in [-0.15, -0.1) is 0 Å². The molecular formula is C60H43NO2. The monoisotopic (exact) mass is 809 g/mol. The van der Waals surface area contributed by atoms with Crippen LogP contribution in [0.1, 0.15) is 24.3 Å². The molecule has 2 aromatic heterocycles. The first-order valence-corrected chi connectivity index (χ1v) is 22.0. The van der Waals surface area contributed by atoms with Crippen LogP contribution in [0.4, 0.5) is 11.4 Å². The first kappa shape index (κ1) is 36.9. The van der Waals surface area contributed by atoms with Crippen LogP contribution in [-0.4, -0.2) is 0 Å². The van der Waals surface area contributed by atoms with E-state index >= 15 is 0 Å². The lowest BCUT2D eigenvalue weighted by Crippen LogP contribution is -2.18. The van der Waals surface area contributed by atoms with E-state index in [0.717, 1.165) is 68.4 Å². The van der Waals surface area contributed by atoms with E-state index in [0.29, 0.717) is 5.92 Å². The summed E-state index contributed by atoms with van der Waals surface area (Å²) in [6.45, 7) is 0. The van der Waals surface area contributed by atoms with Gasteiger partial charge < -0.3 is 13.7 Å². The SMILES string of the molecule is C1=CC(c2cccc3c2oc2ccccc23)CC=C1C1C=CC(N(c2ccc(-c3ccccc3)cc2)c2ccc(-c3ccc(-c4cccc5c4oc4ccccc45)cc3)cc2)=CC1. The predicted octanol–water partition coefficient (Wildman–Crippen LogP) is 16.8. The van der Waals surface area contributed by atoms with Gasteiger partial charge in [-0.2, -0.15) is 0 Å². The fourth-order valence-corrected chi connectivity index (χ4v) is 9.73. The molecule has 2 heterocycles. The number of rotatable bonds is 8. The normalized spacial score (nSPS) is 16.2. The van der Waals surface area contributed by atoms with E-state index in [2.05, 4.69) is 211 Å². The van der Waals surface area contributed by atoms with E-state index in [1.807, 2.05) is 18.2 Å². The number of furan rings is 2. The summed E-state index contributed by atoms with van der Waals surface area (Å²) in [4.78, 5) is 2.39. The number of para-hydroxylation sites is 4. The zero-order chi connectivity index (χ0) is 41.7. The van der Waals surface area contributed by atoms with Gasteiger partial charge in [-0.25, -0.2) is 0 Å². The van der Waals surface area contributed by atoms with Gasteiger partial charge in [0.2, 0.25) is 0 Å². The number of fused-ring (bicyclic) bond motifs is 6. The highest BCUT2D eigenvalue weighted by Gasteiger charge is 2.23. The van der Waals surface area contributed by atoms with Gasteiger partial charge in [-0.1, -0.05) is 182 Å². The Hall–Kier alpha value is -7.88. The first-order chi connectivity index (χ1) is 31.2. The van der Waals surface area contributed by atoms with Crippen LogP contribution in [0.25, 0.3) is 77.3 Å². The molecule has 2 atom stereocenters. The zero-order valence-electron chi connectivity index (χ0n) is 34.7. The minimum absolute atomic E-state index is 0.282. The molecule has 0 aliphatic heterocycles. The number of benzene rings is 8. The molecule has 3 heteroatoms. The van der Waals surface area contributed by atoms with Crippen molar-refractivity contribution in [2.75, 3.05) is 4.90 Å². The van der Waals surface area contributed by atoms with Crippen molar-refractivity contribution in [1.29, 1.82) is 0 Å². The Morgan fingerprint density at radius 3 is 1.51 bits per heavy atom. The maximum absolute atomic E-state index is 6.40. The van der Waals surface area contributed by atoms with Gasteiger partial charge in [0, 0.05) is 61.6 Å². The van der Waals surface area contributed by atoms with Crippen LogP contribution >= 0.6 is 0 Å². The summed E-state index contributed by atoms with van der Waals surface area (Å²) in [6, 6.07) is 66.9. The summed E-state index contributed by atoms with van der Waals surface area (Å²) in [5.41, 5.74) is 16.8. The molecule has 0 amide bonds. The fraction of sp³-hybridized carbons (Fsp3) is 0.0667. The molecule has 63 heavy (non-hydrogen) atoms. The van der Waals surface area contributed by atoms with Crippen LogP contribution in [0.3, 0.4) is 0 Å². The molecule has 2 aliphatic rings. The Kier molecular flexibility index (Phi) is 9.11. The maximum Gasteiger partial charge on any atom is 0.143 e. The van der Waals surface area contributed by atoms with E-state index in [9.17, 15) is 0 Å². The Morgan fingerprint density at radius 2 is 0.889 bits per heavy atom. The largest absolute Gasteiger partial charge is 0.456 e. The lowest BCUT2D eigenvalue weighted by molar-refractivity contribution is 0.656. The van der Waals surface area contributed by atoms with Crippen molar-refractivity contribution in [1.82, 2.24) is 0 Å². The summed E-state index contributed by atoms with van der Waals surface area (Å²) >= 11 is 0. The third kappa shape index (κ3) is 6.70. The highest BCUT2D eigenvalue weighted by molar-refractivity contribution is 6.09. The number of anilines is 2. The summed E-state index contributed by atoms with van der Waals surface area (Å²) in [6.07, 6.45) is 16.1. The molecule has 0 N–H and O–H groups in total. The van der Waals surface area contributed by atoms with Gasteiger partial charge >= 0.3 is 0 Å². The molecule has 300 valence electrons. The van der Waals surface area contributed by atoms with Gasteiger partial charge in [0.05, 0.1) is 0 Å². The summed E-state index contributed by atoms with van der Waals surface area (Å²) in [7, 11) is 0. The molecule has 0 saturated carbocycles. The van der Waals surface area contributed by atoms with Gasteiger partial charge in [0.1, 0.15) is 22.3 Å². The number of nitrogens with zero attached hydrogens (tertiary/aromatic N) is 1. The molecule has 2 unspecified atom stereocenters. The highest BCUT2D eigenvalue weighted by atomic mass is 16.3. The van der Waals surface area contributed by atoms with Crippen molar-refractivity contribution in [3.8, 4) is 33.4 Å². The van der Waals surface area contributed by atoms with Crippen LogP contribution in [0.2, 0.25) is 0 Å². The molecule has 12 rings (SSSR count). The summed E-state index contributed by atoms with van der Waals surface area (Å²) in [5, 5.41) is 4.66. The Balaban J connectivity index is 0.807. The maximum atomic E-state index is 6.40. The molecule has 8 aromatic carbocycles. The van der Waals surface area contributed by atoms with Gasteiger partial charge in [0.25, 0.3) is 0 Å². The third-order valence-electron chi connectivity index (χ3n) is 13.0. The van der Waals surface area contributed by atoms with E-state index in [1.165, 1.54) is 49.9 Å². The van der Waals surface area contributed by atoms with Crippen LogP contribution in [-0.2, 0) is 0 Å². The van der Waals surface area contributed by atoms with Crippen LogP contribution in [0, 0.1) is 5.92 Å². The Bertz CT molecular complexity index is 3430. The molecule has 10 aromatic rings. The molecule has 0 spiro atoms. The van der Waals surface area contributed by atoms with Gasteiger partial charge in [-0.05, 0) is 88.7 Å². The Labute approximate surface area is 366 Å². The zero-order valence-corrected chi connectivity index (χ0v) is 34.7. The lowest BCUT2D eigenvalue weighted by atomic mass is 9.83. The van der Waals surface area contributed by atoms with E-state index in [1.54, 1.807) is 0 Å². The molecule has 0 fully saturated rings. The second-order valence-corrected chi connectivity index (χ2v) is 16.7. The first-order valence-electron chi connectivity index (χ1n) is 22.0. The quantitative estimate of drug-likeness (QED) is 0.153. The predicted molar refractivity (Wildman–Crippen MR) is 262 cm³/mol. The number of hydrogen-bond acceptors (Lipinski definition) is 3. The molecule has 3 nitrogen and oxygen atoms in total. The smallest absolute Gasteiger partial charge is 0.143 e. The molecule has 0 bridgehead atoms. The Morgan fingerprint density at radius 1 is 0.381 bits per heavy atom. The van der Waals surface area contributed by atoms with E-state index in [-0.39, 0.29) is 5.92 Å². The van der Waals surface area contributed by atoms with Crippen molar-refractivity contribution in [2.45, 2.75) is 18.8 Å². The second-order valence-electron chi connectivity index (χ2n) is 16.7.